The van der Waals surface area contributed by atoms with E-state index in [2.05, 4.69) is 0 Å². The van der Waals surface area contributed by atoms with Gasteiger partial charge in [-0.3, -0.25) is 4.79 Å². The number of likely N-dealkylation sites (tertiary alicyclic amines) is 1. The number of hydrogen-bond donors (Lipinski definition) is 1. The van der Waals surface area contributed by atoms with E-state index in [1.165, 1.54) is 0 Å². The van der Waals surface area contributed by atoms with E-state index in [0.717, 1.165) is 25.1 Å². The van der Waals surface area contributed by atoms with Crippen molar-refractivity contribution in [3.63, 3.8) is 0 Å². The average molecular weight is 222 g/mol. The van der Waals surface area contributed by atoms with Gasteiger partial charge in [-0.25, -0.2) is 0 Å². The van der Waals surface area contributed by atoms with Crippen LogP contribution in [0.1, 0.15) is 29.0 Å². The summed E-state index contributed by atoms with van der Waals surface area (Å²) in [4.78, 5) is 14.0. The first-order valence-corrected chi connectivity index (χ1v) is 5.69. The summed E-state index contributed by atoms with van der Waals surface area (Å²) in [7, 11) is 1.90. The smallest absolute Gasteiger partial charge is 0.270 e. The normalized spacial score (nSPS) is 20.4. The second-order valence-electron chi connectivity index (χ2n) is 4.40. The van der Waals surface area contributed by atoms with Crippen LogP contribution in [0.15, 0.2) is 12.1 Å². The number of hydrogen-bond acceptors (Lipinski definition) is 2. The van der Waals surface area contributed by atoms with Gasteiger partial charge in [0.05, 0.1) is 12.6 Å². The van der Waals surface area contributed by atoms with Crippen LogP contribution in [0.3, 0.4) is 0 Å². The van der Waals surface area contributed by atoms with Crippen molar-refractivity contribution < 1.29 is 9.90 Å². The van der Waals surface area contributed by atoms with Gasteiger partial charge >= 0.3 is 0 Å². The van der Waals surface area contributed by atoms with Crippen molar-refractivity contribution in [3.8, 4) is 0 Å². The summed E-state index contributed by atoms with van der Waals surface area (Å²) in [6, 6.07) is 3.80. The van der Waals surface area contributed by atoms with E-state index < -0.39 is 0 Å². The highest BCUT2D eigenvalue weighted by molar-refractivity contribution is 5.93. The number of aliphatic hydroxyl groups excluding tert-OH is 1. The van der Waals surface area contributed by atoms with Crippen LogP contribution in [-0.4, -0.2) is 39.7 Å². The molecule has 0 saturated carbocycles. The zero-order valence-electron chi connectivity index (χ0n) is 9.81. The van der Waals surface area contributed by atoms with Gasteiger partial charge in [0.2, 0.25) is 0 Å². The molecule has 0 unspecified atom stereocenters. The Morgan fingerprint density at radius 3 is 2.88 bits per heavy atom. The number of nitrogens with zero attached hydrogens (tertiary/aromatic N) is 2. The zero-order valence-corrected chi connectivity index (χ0v) is 9.81. The second-order valence-corrected chi connectivity index (χ2v) is 4.40. The Balaban J connectivity index is 2.22. The quantitative estimate of drug-likeness (QED) is 0.809. The van der Waals surface area contributed by atoms with Crippen LogP contribution in [0.5, 0.6) is 0 Å². The van der Waals surface area contributed by atoms with Gasteiger partial charge in [0.15, 0.2) is 0 Å². The molecule has 1 aromatic heterocycles. The van der Waals surface area contributed by atoms with Crippen molar-refractivity contribution in [1.82, 2.24) is 9.47 Å². The van der Waals surface area contributed by atoms with E-state index in [0.29, 0.717) is 5.69 Å². The van der Waals surface area contributed by atoms with Gasteiger partial charge in [0.1, 0.15) is 5.69 Å². The number of amides is 1. The van der Waals surface area contributed by atoms with Gasteiger partial charge in [-0.1, -0.05) is 0 Å². The van der Waals surface area contributed by atoms with Crippen molar-refractivity contribution in [3.05, 3.63) is 23.5 Å². The molecule has 2 heterocycles. The molecule has 1 amide bonds. The number of aryl methyl sites for hydroxylation is 1. The average Bonchev–Trinajstić information content (AvgIpc) is 2.86. The molecular formula is C12H18N2O2. The van der Waals surface area contributed by atoms with Crippen LogP contribution in [0, 0.1) is 6.92 Å². The maximum Gasteiger partial charge on any atom is 0.270 e. The van der Waals surface area contributed by atoms with Crippen molar-refractivity contribution >= 4 is 5.91 Å². The summed E-state index contributed by atoms with van der Waals surface area (Å²) in [6.07, 6.45) is 1.89. The van der Waals surface area contributed by atoms with Crippen LogP contribution >= 0.6 is 0 Å². The molecule has 0 bridgehead atoms. The molecule has 1 atom stereocenters. The molecular weight excluding hydrogens is 204 g/mol. The Morgan fingerprint density at radius 1 is 1.56 bits per heavy atom. The molecule has 2 rings (SSSR count). The Morgan fingerprint density at radius 2 is 2.31 bits per heavy atom. The van der Waals surface area contributed by atoms with Crippen molar-refractivity contribution in [1.29, 1.82) is 0 Å². The van der Waals surface area contributed by atoms with Crippen molar-refractivity contribution in [2.75, 3.05) is 13.2 Å². The fourth-order valence-electron chi connectivity index (χ4n) is 2.27. The highest BCUT2D eigenvalue weighted by Crippen LogP contribution is 2.20. The lowest BCUT2D eigenvalue weighted by molar-refractivity contribution is 0.0668. The molecule has 0 aliphatic carbocycles. The topological polar surface area (TPSA) is 45.5 Å². The Hall–Kier alpha value is -1.29. The standard InChI is InChI=1S/C12H18N2O2/c1-9-5-6-11(13(9)2)12(16)14-7-3-4-10(14)8-15/h5-6,10,15H,3-4,7-8H2,1-2H3/t10-/m1/s1. The third kappa shape index (κ3) is 1.73. The molecule has 1 aliphatic rings. The summed E-state index contributed by atoms with van der Waals surface area (Å²) in [5, 5.41) is 9.21. The summed E-state index contributed by atoms with van der Waals surface area (Å²) >= 11 is 0. The highest BCUT2D eigenvalue weighted by Gasteiger charge is 2.29. The van der Waals surface area contributed by atoms with Crippen LogP contribution < -0.4 is 0 Å². The minimum Gasteiger partial charge on any atom is -0.394 e. The summed E-state index contributed by atoms with van der Waals surface area (Å²) in [5.41, 5.74) is 1.78. The summed E-state index contributed by atoms with van der Waals surface area (Å²) < 4.78 is 1.90. The van der Waals surface area contributed by atoms with Crippen LogP contribution in [0.4, 0.5) is 0 Å². The third-order valence-corrected chi connectivity index (χ3v) is 3.44. The lowest BCUT2D eigenvalue weighted by Crippen LogP contribution is -2.38. The van der Waals surface area contributed by atoms with E-state index in [1.807, 2.05) is 30.7 Å². The van der Waals surface area contributed by atoms with Gasteiger partial charge in [-0.2, -0.15) is 0 Å². The van der Waals surface area contributed by atoms with Crippen LogP contribution in [-0.2, 0) is 7.05 Å². The number of aromatic nitrogens is 1. The van der Waals surface area contributed by atoms with Crippen molar-refractivity contribution in [2.45, 2.75) is 25.8 Å². The molecule has 4 nitrogen and oxygen atoms in total. The Kier molecular flexibility index (Phi) is 3.01. The highest BCUT2D eigenvalue weighted by atomic mass is 16.3. The second kappa shape index (κ2) is 4.29. The number of carbonyl (C=O) groups excluding carboxylic acids is 1. The lowest BCUT2D eigenvalue weighted by Gasteiger charge is -2.23. The van der Waals surface area contributed by atoms with Crippen LogP contribution in [0.25, 0.3) is 0 Å². The molecule has 88 valence electrons. The van der Waals surface area contributed by atoms with Crippen molar-refractivity contribution in [2.24, 2.45) is 7.05 Å². The largest absolute Gasteiger partial charge is 0.394 e. The fourth-order valence-corrected chi connectivity index (χ4v) is 2.27. The van der Waals surface area contributed by atoms with E-state index in [9.17, 15) is 9.90 Å². The SMILES string of the molecule is Cc1ccc(C(=O)N2CCC[C@@H]2CO)n1C. The van der Waals surface area contributed by atoms with Gasteiger partial charge in [0.25, 0.3) is 5.91 Å². The van der Waals surface area contributed by atoms with Gasteiger partial charge < -0.3 is 14.6 Å². The van der Waals surface area contributed by atoms with Gasteiger partial charge in [0, 0.05) is 19.3 Å². The summed E-state index contributed by atoms with van der Waals surface area (Å²) in [6.45, 7) is 2.80. The maximum atomic E-state index is 12.2. The molecule has 1 saturated heterocycles. The minimum atomic E-state index is 0.00251. The summed E-state index contributed by atoms with van der Waals surface area (Å²) in [5.74, 6) is 0.0344. The first-order chi connectivity index (χ1) is 7.65. The molecule has 1 N–H and O–H groups in total. The maximum absolute atomic E-state index is 12.2. The van der Waals surface area contributed by atoms with E-state index in [4.69, 9.17) is 0 Å². The van der Waals surface area contributed by atoms with Gasteiger partial charge in [-0.15, -0.1) is 0 Å². The first-order valence-electron chi connectivity index (χ1n) is 5.69. The third-order valence-electron chi connectivity index (χ3n) is 3.44. The molecule has 0 radical (unpaired) electrons. The first kappa shape index (κ1) is 11.2. The zero-order chi connectivity index (χ0) is 11.7. The molecule has 1 aromatic rings. The minimum absolute atomic E-state index is 0.00251. The number of rotatable bonds is 2. The Labute approximate surface area is 95.5 Å². The van der Waals surface area contributed by atoms with E-state index in [-0.39, 0.29) is 18.6 Å². The number of carbonyl (C=O) groups is 1. The van der Waals surface area contributed by atoms with Gasteiger partial charge in [-0.05, 0) is 31.9 Å². The van der Waals surface area contributed by atoms with Crippen LogP contribution in [0.2, 0.25) is 0 Å². The van der Waals surface area contributed by atoms with E-state index in [1.54, 1.807) is 4.90 Å². The predicted molar refractivity (Wildman–Crippen MR) is 61.3 cm³/mol. The van der Waals surface area contributed by atoms with E-state index >= 15 is 0 Å². The Bertz CT molecular complexity index is 398. The molecule has 1 fully saturated rings. The fraction of sp³-hybridized carbons (Fsp3) is 0.583. The molecule has 0 aromatic carbocycles. The molecule has 4 heteroatoms. The predicted octanol–water partition coefficient (Wildman–Crippen LogP) is 0.930. The number of aliphatic hydroxyl groups is 1. The molecule has 0 spiro atoms. The lowest BCUT2D eigenvalue weighted by atomic mass is 10.2. The monoisotopic (exact) mass is 222 g/mol. The molecule has 16 heavy (non-hydrogen) atoms. The molecule has 1 aliphatic heterocycles.